The Bertz CT molecular complexity index is 616. The molecule has 3 heteroatoms. The first kappa shape index (κ1) is 11.4. The average molecular weight is 256 g/mol. The van der Waals surface area contributed by atoms with Gasteiger partial charge in [-0.2, -0.15) is 0 Å². The molecule has 4 atom stereocenters. The van der Waals surface area contributed by atoms with E-state index in [9.17, 15) is 0 Å². The zero-order valence-corrected chi connectivity index (χ0v) is 11.2. The summed E-state index contributed by atoms with van der Waals surface area (Å²) >= 11 is 0. The highest BCUT2D eigenvalue weighted by Crippen LogP contribution is 2.53. The molecule has 0 unspecified atom stereocenters. The summed E-state index contributed by atoms with van der Waals surface area (Å²) in [7, 11) is 1.72. The van der Waals surface area contributed by atoms with Gasteiger partial charge in [-0.25, -0.2) is 0 Å². The standard InChI is InChI=1S/C16H20N2O/c1-19-11-4-5-14-12(7-11)13(8-18-14)15-9-2-3-10(6-9)16(15)17/h4-5,7-10,15-16,18H,2-3,6,17H2,1H3/t9-,10+,15+,16-/m1/s1. The van der Waals surface area contributed by atoms with Gasteiger partial charge in [0, 0.05) is 29.1 Å². The zero-order valence-electron chi connectivity index (χ0n) is 11.2. The van der Waals surface area contributed by atoms with Crippen LogP contribution in [0.1, 0.15) is 30.7 Å². The number of ether oxygens (including phenoxy) is 1. The predicted molar refractivity (Wildman–Crippen MR) is 76.4 cm³/mol. The lowest BCUT2D eigenvalue weighted by molar-refractivity contribution is 0.367. The first-order valence-corrected chi connectivity index (χ1v) is 7.18. The van der Waals surface area contributed by atoms with Crippen molar-refractivity contribution in [3.63, 3.8) is 0 Å². The second kappa shape index (κ2) is 4.01. The fraction of sp³-hybridized carbons (Fsp3) is 0.500. The number of H-pyrrole nitrogens is 1. The molecule has 3 nitrogen and oxygen atoms in total. The number of methoxy groups -OCH3 is 1. The minimum Gasteiger partial charge on any atom is -0.497 e. The van der Waals surface area contributed by atoms with Crippen LogP contribution in [0.3, 0.4) is 0 Å². The van der Waals surface area contributed by atoms with Gasteiger partial charge in [0.05, 0.1) is 7.11 Å². The Hall–Kier alpha value is -1.48. The molecular formula is C16H20N2O. The molecule has 19 heavy (non-hydrogen) atoms. The van der Waals surface area contributed by atoms with Crippen molar-refractivity contribution in [2.75, 3.05) is 7.11 Å². The number of aromatic amines is 1. The van der Waals surface area contributed by atoms with E-state index in [-0.39, 0.29) is 0 Å². The summed E-state index contributed by atoms with van der Waals surface area (Å²) in [5.41, 5.74) is 9.05. The number of rotatable bonds is 2. The maximum absolute atomic E-state index is 6.47. The van der Waals surface area contributed by atoms with Crippen LogP contribution in [0.5, 0.6) is 5.75 Å². The molecule has 1 aromatic carbocycles. The van der Waals surface area contributed by atoms with Gasteiger partial charge in [0.1, 0.15) is 5.75 Å². The Morgan fingerprint density at radius 2 is 2.11 bits per heavy atom. The summed E-state index contributed by atoms with van der Waals surface area (Å²) in [5, 5.41) is 1.28. The molecule has 0 amide bonds. The van der Waals surface area contributed by atoms with Crippen LogP contribution in [-0.2, 0) is 0 Å². The van der Waals surface area contributed by atoms with Gasteiger partial charge in [0.2, 0.25) is 0 Å². The lowest BCUT2D eigenvalue weighted by Crippen LogP contribution is -2.33. The van der Waals surface area contributed by atoms with Gasteiger partial charge in [-0.15, -0.1) is 0 Å². The highest BCUT2D eigenvalue weighted by Gasteiger charge is 2.46. The van der Waals surface area contributed by atoms with Crippen LogP contribution in [0, 0.1) is 11.8 Å². The van der Waals surface area contributed by atoms with E-state index in [0.717, 1.165) is 17.6 Å². The summed E-state index contributed by atoms with van der Waals surface area (Å²) in [6.45, 7) is 0. The molecule has 4 rings (SSSR count). The lowest BCUT2D eigenvalue weighted by atomic mass is 9.80. The van der Waals surface area contributed by atoms with Crippen LogP contribution >= 0.6 is 0 Å². The monoisotopic (exact) mass is 256 g/mol. The number of fused-ring (bicyclic) bond motifs is 3. The van der Waals surface area contributed by atoms with E-state index >= 15 is 0 Å². The van der Waals surface area contributed by atoms with Gasteiger partial charge >= 0.3 is 0 Å². The molecule has 100 valence electrons. The highest BCUT2D eigenvalue weighted by molar-refractivity contribution is 5.85. The van der Waals surface area contributed by atoms with Crippen LogP contribution in [0.25, 0.3) is 10.9 Å². The fourth-order valence-corrected chi connectivity index (χ4v) is 4.32. The molecule has 0 saturated heterocycles. The van der Waals surface area contributed by atoms with Crippen molar-refractivity contribution >= 4 is 10.9 Å². The molecule has 0 aliphatic heterocycles. The van der Waals surface area contributed by atoms with E-state index in [0.29, 0.717) is 12.0 Å². The van der Waals surface area contributed by atoms with Crippen molar-refractivity contribution in [2.45, 2.75) is 31.2 Å². The first-order valence-electron chi connectivity index (χ1n) is 7.18. The summed E-state index contributed by atoms with van der Waals surface area (Å²) in [6.07, 6.45) is 6.16. The van der Waals surface area contributed by atoms with E-state index in [1.54, 1.807) is 7.11 Å². The molecule has 2 aromatic rings. The third-order valence-electron chi connectivity index (χ3n) is 5.26. The van der Waals surface area contributed by atoms with Crippen molar-refractivity contribution in [1.29, 1.82) is 0 Å². The molecule has 2 aliphatic carbocycles. The van der Waals surface area contributed by atoms with Gasteiger partial charge in [0.25, 0.3) is 0 Å². The summed E-state index contributed by atoms with van der Waals surface area (Å²) in [6, 6.07) is 6.57. The zero-order chi connectivity index (χ0) is 13.0. The average Bonchev–Trinajstić information content (AvgIpc) is 3.12. The van der Waals surface area contributed by atoms with Crippen molar-refractivity contribution in [3.8, 4) is 5.75 Å². The molecule has 2 fully saturated rings. The molecule has 3 N–H and O–H groups in total. The molecule has 2 aliphatic rings. The third-order valence-corrected chi connectivity index (χ3v) is 5.26. The topological polar surface area (TPSA) is 51.0 Å². The Kier molecular flexibility index (Phi) is 2.39. The van der Waals surface area contributed by atoms with Crippen molar-refractivity contribution in [3.05, 3.63) is 30.0 Å². The van der Waals surface area contributed by atoms with Crippen molar-refractivity contribution in [2.24, 2.45) is 17.6 Å². The molecule has 0 spiro atoms. The van der Waals surface area contributed by atoms with Crippen LogP contribution in [-0.4, -0.2) is 18.1 Å². The number of benzene rings is 1. The first-order chi connectivity index (χ1) is 9.28. The molecule has 0 radical (unpaired) electrons. The number of nitrogens with two attached hydrogens (primary N) is 1. The maximum Gasteiger partial charge on any atom is 0.119 e. The van der Waals surface area contributed by atoms with Crippen LogP contribution in [0.2, 0.25) is 0 Å². The van der Waals surface area contributed by atoms with E-state index in [1.165, 1.54) is 35.7 Å². The van der Waals surface area contributed by atoms with Crippen LogP contribution in [0.4, 0.5) is 0 Å². The smallest absolute Gasteiger partial charge is 0.119 e. The SMILES string of the molecule is COc1ccc2[nH]cc([C@@H]3[C@@H]4CC[C@@H](C4)[C@H]3N)c2c1. The Morgan fingerprint density at radius 3 is 2.84 bits per heavy atom. The van der Waals surface area contributed by atoms with Gasteiger partial charge < -0.3 is 15.5 Å². The van der Waals surface area contributed by atoms with E-state index in [4.69, 9.17) is 10.5 Å². The molecular weight excluding hydrogens is 236 g/mol. The van der Waals surface area contributed by atoms with Gasteiger partial charge in [-0.05, 0) is 54.9 Å². The Balaban J connectivity index is 1.82. The summed E-state index contributed by atoms with van der Waals surface area (Å²) in [4.78, 5) is 3.39. The van der Waals surface area contributed by atoms with E-state index in [1.807, 2.05) is 6.07 Å². The van der Waals surface area contributed by atoms with Gasteiger partial charge in [-0.3, -0.25) is 0 Å². The number of hydrogen-bond acceptors (Lipinski definition) is 2. The highest BCUT2D eigenvalue weighted by atomic mass is 16.5. The predicted octanol–water partition coefficient (Wildman–Crippen LogP) is 3.02. The summed E-state index contributed by atoms with van der Waals surface area (Å²) in [5.74, 6) is 2.97. The molecule has 2 saturated carbocycles. The second-order valence-electron chi connectivity index (χ2n) is 6.09. The fourth-order valence-electron chi connectivity index (χ4n) is 4.32. The molecule has 1 aromatic heterocycles. The molecule has 1 heterocycles. The third kappa shape index (κ3) is 1.54. The van der Waals surface area contributed by atoms with E-state index < -0.39 is 0 Å². The minimum absolute atomic E-state index is 0.337. The minimum atomic E-state index is 0.337. The quantitative estimate of drug-likeness (QED) is 0.867. The molecule has 2 bridgehead atoms. The van der Waals surface area contributed by atoms with Crippen LogP contribution < -0.4 is 10.5 Å². The number of aromatic nitrogens is 1. The Labute approximate surface area is 113 Å². The normalized spacial score (nSPS) is 33.2. The maximum atomic E-state index is 6.47. The second-order valence-corrected chi connectivity index (χ2v) is 6.09. The van der Waals surface area contributed by atoms with Crippen molar-refractivity contribution < 1.29 is 4.74 Å². The van der Waals surface area contributed by atoms with Crippen molar-refractivity contribution in [1.82, 2.24) is 4.98 Å². The Morgan fingerprint density at radius 1 is 1.26 bits per heavy atom. The lowest BCUT2D eigenvalue weighted by Gasteiger charge is -2.28. The largest absolute Gasteiger partial charge is 0.497 e. The number of hydrogen-bond donors (Lipinski definition) is 2. The van der Waals surface area contributed by atoms with Crippen LogP contribution in [0.15, 0.2) is 24.4 Å². The van der Waals surface area contributed by atoms with E-state index in [2.05, 4.69) is 23.3 Å². The van der Waals surface area contributed by atoms with Gasteiger partial charge in [-0.1, -0.05) is 0 Å². The summed E-state index contributed by atoms with van der Waals surface area (Å²) < 4.78 is 5.35. The van der Waals surface area contributed by atoms with Gasteiger partial charge in [0.15, 0.2) is 0 Å². The number of nitrogens with one attached hydrogen (secondary N) is 1.